The third-order valence-corrected chi connectivity index (χ3v) is 2.23. The first kappa shape index (κ1) is 7.58. The fourth-order valence-electron chi connectivity index (χ4n) is 1.55. The molecule has 2 aliphatic rings. The summed E-state index contributed by atoms with van der Waals surface area (Å²) < 4.78 is 4.83. The molecule has 2 N–H and O–H groups in total. The Hall–Kier alpha value is -1.06. The number of cyclic esters (lactones) is 1. The summed E-state index contributed by atoms with van der Waals surface area (Å²) in [5.74, 6) is 0.982. The second-order valence-electron chi connectivity index (χ2n) is 3.16. The molecule has 4 nitrogen and oxygen atoms in total. The first-order valence-electron chi connectivity index (χ1n) is 4.39. The van der Waals surface area contributed by atoms with Crippen LogP contribution in [0.4, 0.5) is 0 Å². The molecule has 0 amide bonds. The van der Waals surface area contributed by atoms with Crippen LogP contribution in [0.25, 0.3) is 0 Å². The maximum Gasteiger partial charge on any atom is 0.351 e. The van der Waals surface area contributed by atoms with E-state index in [9.17, 15) is 4.79 Å². The summed E-state index contributed by atoms with van der Waals surface area (Å²) in [6, 6.07) is -0.106. The van der Waals surface area contributed by atoms with Gasteiger partial charge in [-0.15, -0.1) is 0 Å². The number of carbonyl (C=O) groups is 1. The number of amidine groups is 1. The normalized spacial score (nSPS) is 28.5. The van der Waals surface area contributed by atoms with Crippen molar-refractivity contribution in [3.05, 3.63) is 0 Å². The predicted molar refractivity (Wildman–Crippen MR) is 42.6 cm³/mol. The fraction of sp³-hybridized carbons (Fsp3) is 0.750. The molecule has 0 aromatic rings. The van der Waals surface area contributed by atoms with Crippen LogP contribution in [0.3, 0.4) is 0 Å². The lowest BCUT2D eigenvalue weighted by atomic mass is 10.2. The Kier molecular flexibility index (Phi) is 1.98. The summed E-state index contributed by atoms with van der Waals surface area (Å²) in [4.78, 5) is 14.2. The molecule has 66 valence electrons. The summed E-state index contributed by atoms with van der Waals surface area (Å²) in [6.45, 7) is 1.58. The van der Waals surface area contributed by atoms with Crippen LogP contribution in [0.1, 0.15) is 19.3 Å². The molecule has 0 aromatic carbocycles. The molecule has 12 heavy (non-hydrogen) atoms. The van der Waals surface area contributed by atoms with E-state index in [0.29, 0.717) is 6.61 Å². The second kappa shape index (κ2) is 3.13. The van der Waals surface area contributed by atoms with Gasteiger partial charge in [-0.25, -0.2) is 4.79 Å². The molecule has 1 saturated heterocycles. The topological polar surface area (TPSA) is 52.3 Å². The molecule has 0 spiro atoms. The van der Waals surface area contributed by atoms with E-state index < -0.39 is 0 Å². The Morgan fingerprint density at radius 1 is 1.58 bits per heavy atom. The van der Waals surface area contributed by atoms with Crippen molar-refractivity contribution in [2.45, 2.75) is 25.3 Å². The highest BCUT2D eigenvalue weighted by Gasteiger charge is 2.31. The molecule has 0 aliphatic carbocycles. The summed E-state index contributed by atoms with van der Waals surface area (Å²) in [7, 11) is 0. The molecule has 4 heteroatoms. The Bertz CT molecular complexity index is 225. The van der Waals surface area contributed by atoms with Gasteiger partial charge >= 0.3 is 5.97 Å². The monoisotopic (exact) mass is 169 g/mol. The van der Waals surface area contributed by atoms with Gasteiger partial charge in [-0.05, 0) is 6.42 Å². The number of esters is 1. The number of hydrogen-bond donors (Lipinski definition) is 2. The van der Waals surface area contributed by atoms with Crippen LogP contribution in [0, 0.1) is 0 Å². The second-order valence-corrected chi connectivity index (χ2v) is 3.16. The highest BCUT2D eigenvalue weighted by molar-refractivity contribution is 5.85. The van der Waals surface area contributed by atoms with Crippen LogP contribution < -0.4 is 10.3 Å². The molecule has 0 radical (unpaired) electrons. The predicted octanol–water partition coefficient (Wildman–Crippen LogP) is -1.84. The van der Waals surface area contributed by atoms with E-state index >= 15 is 0 Å². The quantitative estimate of drug-likeness (QED) is 0.454. The summed E-state index contributed by atoms with van der Waals surface area (Å²) in [6.07, 6.45) is 2.98. The molecule has 1 atom stereocenters. The highest BCUT2D eigenvalue weighted by atomic mass is 16.5. The van der Waals surface area contributed by atoms with Crippen molar-refractivity contribution in [1.29, 1.82) is 0 Å². The average Bonchev–Trinajstić information content (AvgIpc) is 2.65. The minimum absolute atomic E-state index is 0.106. The average molecular weight is 169 g/mol. The zero-order valence-corrected chi connectivity index (χ0v) is 6.93. The SMILES string of the molecule is O=C1OCC[C@@H]1NC1=[NH+]CCC1. The Balaban J connectivity index is 1.89. The van der Waals surface area contributed by atoms with Gasteiger partial charge in [0.15, 0.2) is 6.04 Å². The van der Waals surface area contributed by atoms with Crippen molar-refractivity contribution >= 4 is 11.8 Å². The van der Waals surface area contributed by atoms with Crippen molar-refractivity contribution in [3.8, 4) is 0 Å². The smallest absolute Gasteiger partial charge is 0.351 e. The van der Waals surface area contributed by atoms with Gasteiger partial charge in [-0.2, -0.15) is 0 Å². The lowest BCUT2D eigenvalue weighted by Gasteiger charge is -2.01. The lowest BCUT2D eigenvalue weighted by molar-refractivity contribution is -0.449. The van der Waals surface area contributed by atoms with Crippen LogP contribution in [-0.2, 0) is 9.53 Å². The van der Waals surface area contributed by atoms with E-state index in [4.69, 9.17) is 4.74 Å². The van der Waals surface area contributed by atoms with Crippen LogP contribution >= 0.6 is 0 Å². The highest BCUT2D eigenvalue weighted by Crippen LogP contribution is 2.05. The van der Waals surface area contributed by atoms with Crippen LogP contribution in [0.2, 0.25) is 0 Å². The van der Waals surface area contributed by atoms with Gasteiger partial charge in [-0.3, -0.25) is 10.3 Å². The van der Waals surface area contributed by atoms with Gasteiger partial charge in [0.1, 0.15) is 0 Å². The maximum atomic E-state index is 11.0. The van der Waals surface area contributed by atoms with E-state index in [1.807, 2.05) is 0 Å². The summed E-state index contributed by atoms with van der Waals surface area (Å²) in [5, 5.41) is 3.16. The van der Waals surface area contributed by atoms with E-state index in [-0.39, 0.29) is 12.0 Å². The van der Waals surface area contributed by atoms with Crippen molar-refractivity contribution in [2.24, 2.45) is 0 Å². The summed E-state index contributed by atoms with van der Waals surface area (Å²) in [5.41, 5.74) is 0. The van der Waals surface area contributed by atoms with Crippen molar-refractivity contribution < 1.29 is 14.5 Å². The van der Waals surface area contributed by atoms with Crippen LogP contribution in [0.15, 0.2) is 0 Å². The third kappa shape index (κ3) is 1.42. The Morgan fingerprint density at radius 3 is 3.08 bits per heavy atom. The lowest BCUT2D eigenvalue weighted by Crippen LogP contribution is -2.73. The van der Waals surface area contributed by atoms with Crippen LogP contribution in [-0.4, -0.2) is 31.0 Å². The largest absolute Gasteiger partial charge is 0.462 e. The number of ether oxygens (including phenoxy) is 1. The molecule has 0 unspecified atom stereocenters. The minimum atomic E-state index is -0.115. The standard InChI is InChI=1S/C8H12N2O2/c11-8-6(3-5-12-8)10-7-2-1-4-9-7/h6H,1-5H2,(H,9,10)/p+1/t6-/m0/s1. The molecule has 0 aromatic heterocycles. The van der Waals surface area contributed by atoms with Crippen molar-refractivity contribution in [2.75, 3.05) is 13.2 Å². The van der Waals surface area contributed by atoms with Gasteiger partial charge < -0.3 is 4.74 Å². The van der Waals surface area contributed by atoms with Crippen LogP contribution in [0.5, 0.6) is 0 Å². The Morgan fingerprint density at radius 2 is 2.50 bits per heavy atom. The Labute approximate surface area is 71.0 Å². The number of carbonyl (C=O) groups excluding carboxylic acids is 1. The zero-order valence-electron chi connectivity index (χ0n) is 6.93. The fourth-order valence-corrected chi connectivity index (χ4v) is 1.55. The molecule has 2 rings (SSSR count). The van der Waals surface area contributed by atoms with Gasteiger partial charge in [0.2, 0.25) is 5.84 Å². The van der Waals surface area contributed by atoms with E-state index in [2.05, 4.69) is 10.3 Å². The van der Waals surface area contributed by atoms with Crippen molar-refractivity contribution in [3.63, 3.8) is 0 Å². The zero-order chi connectivity index (χ0) is 8.39. The van der Waals surface area contributed by atoms with Gasteiger partial charge in [0.25, 0.3) is 0 Å². The van der Waals surface area contributed by atoms with E-state index in [1.54, 1.807) is 0 Å². The molecule has 2 heterocycles. The van der Waals surface area contributed by atoms with Gasteiger partial charge in [0, 0.05) is 6.42 Å². The van der Waals surface area contributed by atoms with Gasteiger partial charge in [0.05, 0.1) is 19.6 Å². The number of hydrogen-bond acceptors (Lipinski definition) is 3. The third-order valence-electron chi connectivity index (χ3n) is 2.23. The van der Waals surface area contributed by atoms with E-state index in [1.165, 1.54) is 0 Å². The van der Waals surface area contributed by atoms with E-state index in [0.717, 1.165) is 31.6 Å². The molecular formula is C8H13N2O2+. The molecule has 2 aliphatic heterocycles. The first-order chi connectivity index (χ1) is 5.86. The molecule has 0 bridgehead atoms. The van der Waals surface area contributed by atoms with Gasteiger partial charge in [-0.1, -0.05) is 0 Å². The maximum absolute atomic E-state index is 11.0. The number of nitrogens with one attached hydrogen (secondary N) is 2. The summed E-state index contributed by atoms with van der Waals surface area (Å²) >= 11 is 0. The molecule has 0 saturated carbocycles. The number of rotatable bonds is 1. The van der Waals surface area contributed by atoms with Crippen molar-refractivity contribution in [1.82, 2.24) is 5.32 Å². The first-order valence-corrected chi connectivity index (χ1v) is 4.39. The molecule has 1 fully saturated rings. The molecular weight excluding hydrogens is 156 g/mol. The minimum Gasteiger partial charge on any atom is -0.462 e.